The molecule has 12 rings (SSSR count). The number of benzene rings is 9. The fourth-order valence-corrected chi connectivity index (χ4v) is 10.9. The van der Waals surface area contributed by atoms with Crippen molar-refractivity contribution in [1.82, 2.24) is 14.5 Å². The Morgan fingerprint density at radius 3 is 1.72 bits per heavy atom. The summed E-state index contributed by atoms with van der Waals surface area (Å²) in [5.41, 5.74) is 14.4. The molecule has 0 aliphatic carbocycles. The van der Waals surface area contributed by atoms with E-state index in [9.17, 15) is 0 Å². The van der Waals surface area contributed by atoms with Gasteiger partial charge in [-0.3, -0.25) is 4.57 Å². The molecule has 0 aliphatic heterocycles. The molecule has 0 saturated heterocycles. The Hall–Kier alpha value is -8.67. The van der Waals surface area contributed by atoms with Crippen LogP contribution in [-0.2, 0) is 16.2 Å². The predicted octanol–water partition coefficient (Wildman–Crippen LogP) is 20.0. The maximum Gasteiger partial charge on any atom is 0.137 e. The third-order valence-corrected chi connectivity index (χ3v) is 15.1. The van der Waals surface area contributed by atoms with E-state index in [2.05, 4.69) is 277 Å². The number of nitrogens with one attached hydrogen (secondary N) is 2. The van der Waals surface area contributed by atoms with E-state index in [1.54, 1.807) is 0 Å². The molecule has 0 atom stereocenters. The van der Waals surface area contributed by atoms with Crippen LogP contribution in [0.1, 0.15) is 79.0 Å². The van der Waals surface area contributed by atoms with Gasteiger partial charge >= 0.3 is 0 Å². The first-order chi connectivity index (χ1) is 36.5. The molecule has 9 aromatic carbocycles. The number of anilines is 2. The smallest absolute Gasteiger partial charge is 0.137 e. The lowest BCUT2D eigenvalue weighted by Crippen LogP contribution is -2.16. The van der Waals surface area contributed by atoms with Crippen LogP contribution in [0.5, 0.6) is 11.5 Å². The molecular formula is C71H64N4O. The highest BCUT2D eigenvalue weighted by molar-refractivity contribution is 6.22. The van der Waals surface area contributed by atoms with Crippen LogP contribution in [-0.4, -0.2) is 14.5 Å². The zero-order valence-corrected chi connectivity index (χ0v) is 45.0. The maximum absolute atomic E-state index is 6.81. The number of hydrogen-bond donors (Lipinski definition) is 2. The van der Waals surface area contributed by atoms with Gasteiger partial charge in [-0.25, -0.2) is 4.98 Å². The van der Waals surface area contributed by atoms with Gasteiger partial charge < -0.3 is 15.0 Å². The minimum atomic E-state index is -0.0559. The average Bonchev–Trinajstić information content (AvgIpc) is 3.79. The van der Waals surface area contributed by atoms with Crippen LogP contribution in [0.4, 0.5) is 11.4 Å². The molecule has 0 bridgehead atoms. The van der Waals surface area contributed by atoms with Crippen LogP contribution in [0, 0.1) is 0 Å². The lowest BCUT2D eigenvalue weighted by Gasteiger charge is -2.26. The number of pyridine rings is 1. The normalized spacial score (nSPS) is 12.3. The number of aromatic nitrogens is 3. The van der Waals surface area contributed by atoms with E-state index in [0.717, 1.165) is 77.9 Å². The molecule has 0 unspecified atom stereocenters. The molecule has 0 spiro atoms. The van der Waals surface area contributed by atoms with Crippen LogP contribution < -0.4 is 10.1 Å². The Labute approximate surface area is 446 Å². The minimum absolute atomic E-state index is 0.0256. The Morgan fingerprint density at radius 1 is 0.395 bits per heavy atom. The highest BCUT2D eigenvalue weighted by atomic mass is 16.5. The summed E-state index contributed by atoms with van der Waals surface area (Å²) in [5, 5.41) is 13.1. The van der Waals surface area contributed by atoms with Crippen LogP contribution in [0.2, 0.25) is 0 Å². The first-order valence-electron chi connectivity index (χ1n) is 26.6. The first kappa shape index (κ1) is 48.3. The summed E-state index contributed by atoms with van der Waals surface area (Å²) in [6.07, 6.45) is 1.92. The maximum atomic E-state index is 6.81. The average molecular weight is 989 g/mol. The lowest BCUT2D eigenvalue weighted by atomic mass is 9.79. The number of nitrogens with zero attached hydrogens (tertiary/aromatic N) is 2. The topological polar surface area (TPSA) is 54.9 Å². The van der Waals surface area contributed by atoms with Crippen molar-refractivity contribution in [2.75, 3.05) is 5.32 Å². The zero-order valence-electron chi connectivity index (χ0n) is 45.0. The van der Waals surface area contributed by atoms with Crippen LogP contribution in [0.25, 0.3) is 93.2 Å². The van der Waals surface area contributed by atoms with Gasteiger partial charge in [0.15, 0.2) is 0 Å². The number of rotatable bonds is 7. The molecule has 0 fully saturated rings. The largest absolute Gasteiger partial charge is 0.457 e. The molecule has 0 aliphatic rings. The predicted molar refractivity (Wildman–Crippen MR) is 324 cm³/mol. The van der Waals surface area contributed by atoms with Crippen molar-refractivity contribution in [3.8, 4) is 39.6 Å². The van der Waals surface area contributed by atoms with E-state index in [1.807, 2.05) is 12.3 Å². The van der Waals surface area contributed by atoms with Crippen LogP contribution in [0.3, 0.4) is 0 Å². The second kappa shape index (κ2) is 18.6. The van der Waals surface area contributed by atoms with Gasteiger partial charge in [0.2, 0.25) is 0 Å². The summed E-state index contributed by atoms with van der Waals surface area (Å²) < 4.78 is 9.07. The fourth-order valence-electron chi connectivity index (χ4n) is 10.9. The Morgan fingerprint density at radius 2 is 0.987 bits per heavy atom. The van der Waals surface area contributed by atoms with Crippen molar-refractivity contribution >= 4 is 76.5 Å². The molecule has 0 saturated carbocycles. The number of aromatic amines is 1. The van der Waals surface area contributed by atoms with Gasteiger partial charge in [0, 0.05) is 51.1 Å². The molecule has 5 nitrogen and oxygen atoms in total. The van der Waals surface area contributed by atoms with Crippen LogP contribution >= 0.6 is 0 Å². The molecule has 76 heavy (non-hydrogen) atoms. The molecule has 2 N–H and O–H groups in total. The molecule has 3 aromatic heterocycles. The van der Waals surface area contributed by atoms with E-state index in [0.29, 0.717) is 0 Å². The Balaban J connectivity index is 1.05. The van der Waals surface area contributed by atoms with Gasteiger partial charge in [-0.15, -0.1) is 0 Å². The van der Waals surface area contributed by atoms with Crippen LogP contribution in [0.15, 0.2) is 212 Å². The summed E-state index contributed by atoms with van der Waals surface area (Å²) in [5.74, 6) is 2.34. The second-order valence-corrected chi connectivity index (χ2v) is 23.5. The molecule has 3 heterocycles. The quantitative estimate of drug-likeness (QED) is 0.167. The van der Waals surface area contributed by atoms with Gasteiger partial charge in [0.05, 0.1) is 27.8 Å². The summed E-state index contributed by atoms with van der Waals surface area (Å²) in [7, 11) is 0. The van der Waals surface area contributed by atoms with E-state index in [-0.39, 0.29) is 16.2 Å². The van der Waals surface area contributed by atoms with Crippen molar-refractivity contribution < 1.29 is 4.74 Å². The first-order valence-corrected chi connectivity index (χ1v) is 26.6. The second-order valence-electron chi connectivity index (χ2n) is 23.5. The zero-order chi connectivity index (χ0) is 52.5. The Bertz CT molecular complexity index is 4260. The summed E-state index contributed by atoms with van der Waals surface area (Å²) in [6, 6.07) is 74.7. The van der Waals surface area contributed by atoms with Crippen molar-refractivity contribution in [3.63, 3.8) is 0 Å². The third-order valence-electron chi connectivity index (χ3n) is 15.1. The molecule has 12 aromatic rings. The van der Waals surface area contributed by atoms with Crippen molar-refractivity contribution in [2.45, 2.75) is 78.6 Å². The number of para-hydroxylation sites is 3. The van der Waals surface area contributed by atoms with Gasteiger partial charge in [-0.05, 0) is 126 Å². The van der Waals surface area contributed by atoms with Crippen molar-refractivity contribution in [1.29, 1.82) is 0 Å². The highest BCUT2D eigenvalue weighted by Crippen LogP contribution is 2.42. The lowest BCUT2D eigenvalue weighted by molar-refractivity contribution is 0.483. The summed E-state index contributed by atoms with van der Waals surface area (Å²) >= 11 is 0. The van der Waals surface area contributed by atoms with E-state index in [1.165, 1.54) is 54.9 Å². The van der Waals surface area contributed by atoms with Crippen molar-refractivity contribution in [2.24, 2.45) is 0 Å². The minimum Gasteiger partial charge on any atom is -0.457 e. The SMILES string of the molecule is CC(C)(C)c1cc(-c2cccc3c2[nH]c2c(Nc4cccc(Oc5ccc6c7ccccc7n(-c7cc(C(C)(C)C)ccn7)c6c5)c4)cccc2c2ccc(-c4ccccc4)cc2c2ccccc32)cc(C(C)(C)C)c1. The molecule has 5 heteroatoms. The highest BCUT2D eigenvalue weighted by Gasteiger charge is 2.23. The van der Waals surface area contributed by atoms with Gasteiger partial charge in [0.25, 0.3) is 0 Å². The van der Waals surface area contributed by atoms with Gasteiger partial charge in [-0.1, -0.05) is 202 Å². The molecular weight excluding hydrogens is 925 g/mol. The third kappa shape index (κ3) is 9.00. The Kier molecular flexibility index (Phi) is 11.8. The number of fused-ring (bicyclic) bond motifs is 10. The summed E-state index contributed by atoms with van der Waals surface area (Å²) in [4.78, 5) is 9.11. The molecule has 0 amide bonds. The number of H-pyrrole nitrogens is 1. The van der Waals surface area contributed by atoms with E-state index in [4.69, 9.17) is 9.72 Å². The number of ether oxygens (including phenoxy) is 1. The molecule has 0 radical (unpaired) electrons. The monoisotopic (exact) mass is 989 g/mol. The standard InChI is InChI=1S/C71H64N4O/c1-69(2,3)48-36-37-72-66(42-48)75-64-31-16-15-26-58(64)59-35-33-53(44-65(59)75)76-52-23-17-22-51(43-52)73-63-30-19-29-61-57-34-32-46(45-20-11-10-12-21-45)40-62(57)56-25-14-13-24-55(56)60-28-18-27-54(67(60)74-68(61)63)47-38-49(70(4,5)6)41-50(39-47)71(7,8)9/h10-44,73-74H,1-9H3. The van der Waals surface area contributed by atoms with E-state index < -0.39 is 0 Å². The number of hydrogen-bond acceptors (Lipinski definition) is 3. The van der Waals surface area contributed by atoms with Gasteiger partial charge in [0.1, 0.15) is 17.3 Å². The van der Waals surface area contributed by atoms with E-state index >= 15 is 0 Å². The van der Waals surface area contributed by atoms with Crippen molar-refractivity contribution in [3.05, 3.63) is 229 Å². The summed E-state index contributed by atoms with van der Waals surface area (Å²) in [6.45, 7) is 20.6. The fraction of sp³-hybridized carbons (Fsp3) is 0.169. The molecule has 374 valence electrons. The van der Waals surface area contributed by atoms with Gasteiger partial charge in [-0.2, -0.15) is 0 Å².